The maximum Gasteiger partial charge on any atom is 0.344 e. The van der Waals surface area contributed by atoms with Crippen LogP contribution in [-0.2, 0) is 8.85 Å². The molecule has 1 rings (SSSR count). The summed E-state index contributed by atoms with van der Waals surface area (Å²) in [5.41, 5.74) is 0.339. The summed E-state index contributed by atoms with van der Waals surface area (Å²) in [6.45, 7) is 11.8. The van der Waals surface area contributed by atoms with Gasteiger partial charge in [0.1, 0.15) is 0 Å². The fourth-order valence-electron chi connectivity index (χ4n) is 4.83. The molecule has 1 fully saturated rings. The molecule has 0 bridgehead atoms. The van der Waals surface area contributed by atoms with E-state index in [9.17, 15) is 0 Å². The normalized spacial score (nSPS) is 26.4. The standard InChI is InChI=1S/C17H36O2Si/c1-8-15(9-2)14-20(18-6,19-7)17(10-3)13-11-12-16(17,4)5/h15H,8-14H2,1-7H3. The van der Waals surface area contributed by atoms with E-state index in [-0.39, 0.29) is 5.04 Å². The molecule has 120 valence electrons. The van der Waals surface area contributed by atoms with Gasteiger partial charge in [-0.25, -0.2) is 0 Å². The Labute approximate surface area is 127 Å². The Kier molecular flexibility index (Phi) is 6.30. The number of rotatable bonds is 8. The highest BCUT2D eigenvalue weighted by Crippen LogP contribution is 2.66. The van der Waals surface area contributed by atoms with Gasteiger partial charge in [-0.1, -0.05) is 53.9 Å². The summed E-state index contributed by atoms with van der Waals surface area (Å²) >= 11 is 0. The highest BCUT2D eigenvalue weighted by molar-refractivity contribution is 6.71. The van der Waals surface area contributed by atoms with Crippen LogP contribution in [-0.4, -0.2) is 22.8 Å². The van der Waals surface area contributed by atoms with Gasteiger partial charge in [0.15, 0.2) is 0 Å². The summed E-state index contributed by atoms with van der Waals surface area (Å²) in [7, 11) is 1.61. The van der Waals surface area contributed by atoms with Crippen LogP contribution in [0.5, 0.6) is 0 Å². The van der Waals surface area contributed by atoms with Gasteiger partial charge in [-0.15, -0.1) is 0 Å². The topological polar surface area (TPSA) is 18.5 Å². The van der Waals surface area contributed by atoms with Gasteiger partial charge < -0.3 is 8.85 Å². The molecule has 0 aromatic carbocycles. The molecule has 0 N–H and O–H groups in total. The monoisotopic (exact) mass is 300 g/mol. The van der Waals surface area contributed by atoms with Crippen molar-refractivity contribution >= 4 is 8.56 Å². The Morgan fingerprint density at radius 1 is 1.00 bits per heavy atom. The zero-order valence-corrected chi connectivity index (χ0v) is 15.8. The Morgan fingerprint density at radius 3 is 1.85 bits per heavy atom. The van der Waals surface area contributed by atoms with Crippen LogP contribution >= 0.6 is 0 Å². The summed E-state index contributed by atoms with van der Waals surface area (Å²) < 4.78 is 12.5. The molecule has 1 aliphatic carbocycles. The summed E-state index contributed by atoms with van der Waals surface area (Å²) in [6.07, 6.45) is 7.57. The average Bonchev–Trinajstić information content (AvgIpc) is 2.77. The number of hydrogen-bond donors (Lipinski definition) is 0. The van der Waals surface area contributed by atoms with E-state index < -0.39 is 8.56 Å². The Balaban J connectivity index is 3.21. The van der Waals surface area contributed by atoms with Gasteiger partial charge in [-0.3, -0.25) is 0 Å². The highest BCUT2D eigenvalue weighted by Gasteiger charge is 2.64. The van der Waals surface area contributed by atoms with Crippen LogP contribution in [0.4, 0.5) is 0 Å². The molecule has 0 saturated heterocycles. The lowest BCUT2D eigenvalue weighted by atomic mass is 9.79. The Morgan fingerprint density at radius 2 is 1.55 bits per heavy atom. The molecule has 2 nitrogen and oxygen atoms in total. The van der Waals surface area contributed by atoms with Crippen molar-refractivity contribution in [3.05, 3.63) is 0 Å². The van der Waals surface area contributed by atoms with E-state index in [1.807, 2.05) is 14.2 Å². The van der Waals surface area contributed by atoms with Gasteiger partial charge in [0.2, 0.25) is 0 Å². The van der Waals surface area contributed by atoms with E-state index in [0.29, 0.717) is 5.41 Å². The van der Waals surface area contributed by atoms with Crippen molar-refractivity contribution in [1.82, 2.24) is 0 Å². The fourth-order valence-corrected chi connectivity index (χ4v) is 10.1. The molecule has 0 aliphatic heterocycles. The van der Waals surface area contributed by atoms with Crippen molar-refractivity contribution in [1.29, 1.82) is 0 Å². The second kappa shape index (κ2) is 6.93. The van der Waals surface area contributed by atoms with Crippen molar-refractivity contribution in [2.45, 2.75) is 84.2 Å². The third-order valence-corrected chi connectivity index (χ3v) is 11.6. The molecular formula is C17H36O2Si. The van der Waals surface area contributed by atoms with Crippen LogP contribution in [0.1, 0.15) is 73.1 Å². The summed E-state index contributed by atoms with van der Waals surface area (Å²) in [6, 6.07) is 1.16. The smallest absolute Gasteiger partial charge is 0.344 e. The molecule has 0 heterocycles. The molecule has 0 radical (unpaired) electrons. The fraction of sp³-hybridized carbons (Fsp3) is 1.00. The largest absolute Gasteiger partial charge is 0.397 e. The van der Waals surface area contributed by atoms with Crippen LogP contribution < -0.4 is 0 Å². The zero-order valence-electron chi connectivity index (χ0n) is 14.8. The maximum absolute atomic E-state index is 6.25. The second-order valence-electron chi connectivity index (χ2n) is 7.22. The van der Waals surface area contributed by atoms with Crippen LogP contribution in [0.2, 0.25) is 11.1 Å². The molecule has 20 heavy (non-hydrogen) atoms. The van der Waals surface area contributed by atoms with E-state index in [1.165, 1.54) is 38.5 Å². The van der Waals surface area contributed by atoms with Gasteiger partial charge in [0.05, 0.1) is 0 Å². The van der Waals surface area contributed by atoms with Crippen molar-refractivity contribution in [2.75, 3.05) is 14.2 Å². The second-order valence-corrected chi connectivity index (χ2v) is 10.9. The van der Waals surface area contributed by atoms with Crippen LogP contribution in [0.3, 0.4) is 0 Å². The Bertz CT molecular complexity index is 295. The zero-order chi connectivity index (χ0) is 15.4. The molecule has 0 amide bonds. The van der Waals surface area contributed by atoms with Gasteiger partial charge in [0, 0.05) is 19.3 Å². The minimum Gasteiger partial charge on any atom is -0.397 e. The van der Waals surface area contributed by atoms with Crippen molar-refractivity contribution in [2.24, 2.45) is 11.3 Å². The van der Waals surface area contributed by atoms with E-state index in [2.05, 4.69) is 34.6 Å². The van der Waals surface area contributed by atoms with Gasteiger partial charge in [-0.2, -0.15) is 0 Å². The highest BCUT2D eigenvalue weighted by atomic mass is 28.4. The molecule has 1 aliphatic rings. The van der Waals surface area contributed by atoms with E-state index in [4.69, 9.17) is 8.85 Å². The van der Waals surface area contributed by atoms with Gasteiger partial charge in [0.25, 0.3) is 0 Å². The average molecular weight is 301 g/mol. The predicted molar refractivity (Wildman–Crippen MR) is 89.3 cm³/mol. The number of hydrogen-bond acceptors (Lipinski definition) is 2. The van der Waals surface area contributed by atoms with Crippen molar-refractivity contribution in [3.8, 4) is 0 Å². The minimum absolute atomic E-state index is 0.270. The summed E-state index contributed by atoms with van der Waals surface area (Å²) in [4.78, 5) is 0. The lowest BCUT2D eigenvalue weighted by molar-refractivity contribution is 0.136. The summed E-state index contributed by atoms with van der Waals surface area (Å²) in [5, 5.41) is 0.270. The van der Waals surface area contributed by atoms with Crippen LogP contribution in [0, 0.1) is 11.3 Å². The van der Waals surface area contributed by atoms with Crippen molar-refractivity contribution < 1.29 is 8.85 Å². The molecule has 1 saturated carbocycles. The molecule has 0 spiro atoms. The van der Waals surface area contributed by atoms with E-state index in [1.54, 1.807) is 0 Å². The lowest BCUT2D eigenvalue weighted by Gasteiger charge is -2.52. The van der Waals surface area contributed by atoms with E-state index >= 15 is 0 Å². The third-order valence-electron chi connectivity index (χ3n) is 6.41. The van der Waals surface area contributed by atoms with Crippen LogP contribution in [0.15, 0.2) is 0 Å². The maximum atomic E-state index is 6.25. The van der Waals surface area contributed by atoms with Crippen molar-refractivity contribution in [3.63, 3.8) is 0 Å². The first-order valence-corrected chi connectivity index (χ1v) is 10.5. The van der Waals surface area contributed by atoms with Crippen LogP contribution in [0.25, 0.3) is 0 Å². The molecular weight excluding hydrogens is 264 g/mol. The molecule has 3 heteroatoms. The predicted octanol–water partition coefficient (Wildman–Crippen LogP) is 5.52. The first kappa shape index (κ1) is 18.2. The SMILES string of the molecule is CCC(CC)C[Si](OC)(OC)C1(CC)CCCC1(C)C. The molecule has 1 unspecified atom stereocenters. The van der Waals surface area contributed by atoms with Gasteiger partial charge in [-0.05, 0) is 36.6 Å². The Hall–Kier alpha value is 0.137. The van der Waals surface area contributed by atoms with Gasteiger partial charge >= 0.3 is 8.56 Å². The quantitative estimate of drug-likeness (QED) is 0.550. The lowest BCUT2D eigenvalue weighted by Crippen LogP contribution is -2.57. The van der Waals surface area contributed by atoms with E-state index in [0.717, 1.165) is 12.0 Å². The molecule has 0 aromatic heterocycles. The third kappa shape index (κ3) is 2.73. The molecule has 0 aromatic rings. The first-order valence-electron chi connectivity index (χ1n) is 8.49. The molecule has 1 atom stereocenters. The first-order chi connectivity index (χ1) is 9.38. The minimum atomic E-state index is -2.20. The summed E-state index contributed by atoms with van der Waals surface area (Å²) in [5.74, 6) is 0.737.